The number of nitrogens with two attached hydrogens (primary N) is 1. The fraction of sp³-hybridized carbons (Fsp3) is 0.619. The molecule has 3 rings (SSSR count). The van der Waals surface area contributed by atoms with E-state index in [1.54, 1.807) is 0 Å². The molecule has 1 aromatic rings. The second-order valence-electron chi connectivity index (χ2n) is 8.18. The quantitative estimate of drug-likeness (QED) is 0.817. The van der Waals surface area contributed by atoms with Crippen molar-refractivity contribution in [3.63, 3.8) is 0 Å². The Balaban J connectivity index is 0.00000261. The molecule has 27 heavy (non-hydrogen) atoms. The first-order valence-corrected chi connectivity index (χ1v) is 9.89. The van der Waals surface area contributed by atoms with Gasteiger partial charge in [-0.25, -0.2) is 0 Å². The summed E-state index contributed by atoms with van der Waals surface area (Å²) in [6, 6.07) is 5.52. The van der Waals surface area contributed by atoms with Gasteiger partial charge in [-0.3, -0.25) is 9.59 Å². The molecule has 1 heterocycles. The zero-order valence-electron chi connectivity index (χ0n) is 16.4. The number of anilines is 1. The van der Waals surface area contributed by atoms with Crippen LogP contribution < -0.4 is 11.1 Å². The average molecular weight is 394 g/mol. The zero-order chi connectivity index (χ0) is 18.7. The molecule has 1 saturated heterocycles. The molecule has 6 heteroatoms. The van der Waals surface area contributed by atoms with Gasteiger partial charge in [-0.1, -0.05) is 26.2 Å². The van der Waals surface area contributed by atoms with Crippen molar-refractivity contribution >= 4 is 29.9 Å². The van der Waals surface area contributed by atoms with Crippen LogP contribution in [0.3, 0.4) is 0 Å². The molecule has 2 fully saturated rings. The maximum absolute atomic E-state index is 12.7. The molecular weight excluding hydrogens is 362 g/mol. The summed E-state index contributed by atoms with van der Waals surface area (Å²) in [5.74, 6) is 0.673. The second kappa shape index (κ2) is 9.07. The number of nitrogens with zero attached hydrogens (tertiary/aromatic N) is 1. The number of hydrogen-bond acceptors (Lipinski definition) is 3. The van der Waals surface area contributed by atoms with Crippen molar-refractivity contribution in [2.75, 3.05) is 18.4 Å². The van der Waals surface area contributed by atoms with Gasteiger partial charge >= 0.3 is 0 Å². The van der Waals surface area contributed by atoms with Crippen molar-refractivity contribution in [1.29, 1.82) is 0 Å². The van der Waals surface area contributed by atoms with Crippen LogP contribution in [0.5, 0.6) is 0 Å². The molecule has 1 aliphatic heterocycles. The van der Waals surface area contributed by atoms with E-state index in [-0.39, 0.29) is 24.2 Å². The average Bonchev–Trinajstić information content (AvgIpc) is 2.64. The van der Waals surface area contributed by atoms with Crippen LogP contribution in [0, 0.1) is 12.8 Å². The Morgan fingerprint density at radius 3 is 2.37 bits per heavy atom. The lowest BCUT2D eigenvalue weighted by Crippen LogP contribution is -2.52. The predicted octanol–water partition coefficient (Wildman–Crippen LogP) is 3.89. The first kappa shape index (κ1) is 21.7. The summed E-state index contributed by atoms with van der Waals surface area (Å²) in [7, 11) is 0. The zero-order valence-corrected chi connectivity index (χ0v) is 17.2. The molecule has 0 radical (unpaired) electrons. The molecule has 150 valence electrons. The summed E-state index contributed by atoms with van der Waals surface area (Å²) in [5.41, 5.74) is 7.89. The first-order valence-electron chi connectivity index (χ1n) is 9.89. The van der Waals surface area contributed by atoms with E-state index < -0.39 is 5.54 Å². The summed E-state index contributed by atoms with van der Waals surface area (Å²) in [4.78, 5) is 27.3. The maximum atomic E-state index is 12.7. The molecule has 3 N–H and O–H groups in total. The third-order valence-electron chi connectivity index (χ3n) is 5.99. The van der Waals surface area contributed by atoms with Crippen molar-refractivity contribution in [3.05, 3.63) is 29.3 Å². The van der Waals surface area contributed by atoms with Crippen LogP contribution in [-0.2, 0) is 4.79 Å². The number of rotatable bonds is 3. The van der Waals surface area contributed by atoms with Crippen molar-refractivity contribution in [3.8, 4) is 0 Å². The molecule has 0 atom stereocenters. The molecule has 0 aromatic heterocycles. The normalized spacial score (nSPS) is 19.9. The summed E-state index contributed by atoms with van der Waals surface area (Å²) < 4.78 is 0. The number of aryl methyl sites for hydroxylation is 1. The van der Waals surface area contributed by atoms with E-state index in [0.29, 0.717) is 11.5 Å². The first-order chi connectivity index (χ1) is 12.4. The molecule has 1 aromatic carbocycles. The highest BCUT2D eigenvalue weighted by Gasteiger charge is 2.35. The minimum absolute atomic E-state index is 0. The van der Waals surface area contributed by atoms with Crippen LogP contribution >= 0.6 is 12.4 Å². The third kappa shape index (κ3) is 5.02. The van der Waals surface area contributed by atoms with E-state index in [0.717, 1.165) is 69.3 Å². The van der Waals surface area contributed by atoms with Crippen LogP contribution in [-0.4, -0.2) is 35.3 Å². The Morgan fingerprint density at radius 2 is 1.78 bits per heavy atom. The van der Waals surface area contributed by atoms with Crippen LogP contribution in [0.4, 0.5) is 5.69 Å². The molecule has 2 aliphatic rings. The fourth-order valence-corrected chi connectivity index (χ4v) is 3.99. The fourth-order valence-electron chi connectivity index (χ4n) is 3.99. The monoisotopic (exact) mass is 393 g/mol. The molecule has 2 amide bonds. The number of hydrogen-bond donors (Lipinski definition) is 2. The summed E-state index contributed by atoms with van der Waals surface area (Å²) in [6.45, 7) is 5.81. The Hall–Kier alpha value is -1.59. The van der Waals surface area contributed by atoms with E-state index in [1.807, 2.05) is 30.0 Å². The van der Waals surface area contributed by atoms with Crippen LogP contribution in [0.25, 0.3) is 0 Å². The van der Waals surface area contributed by atoms with Crippen LogP contribution in [0.15, 0.2) is 18.2 Å². The van der Waals surface area contributed by atoms with Gasteiger partial charge in [0.25, 0.3) is 5.91 Å². The summed E-state index contributed by atoms with van der Waals surface area (Å²) in [5, 5.41) is 2.98. The number of carbonyl (C=O) groups excluding carboxylic acids is 2. The van der Waals surface area contributed by atoms with E-state index in [4.69, 9.17) is 5.73 Å². The largest absolute Gasteiger partial charge is 0.339 e. The summed E-state index contributed by atoms with van der Waals surface area (Å²) in [6.07, 6.45) is 6.77. The van der Waals surface area contributed by atoms with Gasteiger partial charge in [0, 0.05) is 24.3 Å². The van der Waals surface area contributed by atoms with Crippen LogP contribution in [0.1, 0.15) is 67.8 Å². The van der Waals surface area contributed by atoms with Gasteiger partial charge in [0.05, 0.1) is 5.54 Å². The van der Waals surface area contributed by atoms with Crippen LogP contribution in [0.2, 0.25) is 0 Å². The number of amides is 2. The van der Waals surface area contributed by atoms with Gasteiger partial charge in [0.1, 0.15) is 0 Å². The number of likely N-dealkylation sites (tertiary alicyclic amines) is 1. The Kier molecular flexibility index (Phi) is 7.29. The standard InChI is InChI=1S/C21H31N3O2.ClH/c1-15-8-12-24(13-9-15)19(25)17-6-7-18(16(2)14-17)23-20(26)21(22)10-4-3-5-11-21;/h6-7,14-15H,3-5,8-13,22H2,1-2H3,(H,23,26);1H. The molecule has 0 spiro atoms. The molecule has 1 aliphatic carbocycles. The number of halogens is 1. The minimum atomic E-state index is -0.760. The minimum Gasteiger partial charge on any atom is -0.339 e. The van der Waals surface area contributed by atoms with E-state index in [1.165, 1.54) is 0 Å². The van der Waals surface area contributed by atoms with Gasteiger partial charge in [-0.05, 0) is 62.3 Å². The lowest BCUT2D eigenvalue weighted by Gasteiger charge is -2.32. The van der Waals surface area contributed by atoms with E-state index in [2.05, 4.69) is 12.2 Å². The molecular formula is C21H32ClN3O2. The molecule has 5 nitrogen and oxygen atoms in total. The third-order valence-corrected chi connectivity index (χ3v) is 5.99. The van der Waals surface area contributed by atoms with E-state index in [9.17, 15) is 9.59 Å². The SMILES string of the molecule is Cc1cc(C(=O)N2CCC(C)CC2)ccc1NC(=O)C1(N)CCCCC1.Cl. The van der Waals surface area contributed by atoms with Gasteiger partial charge in [-0.2, -0.15) is 0 Å². The lowest BCUT2D eigenvalue weighted by molar-refractivity contribution is -0.122. The number of carbonyl (C=O) groups is 2. The lowest BCUT2D eigenvalue weighted by atomic mass is 9.82. The molecule has 0 unspecified atom stereocenters. The number of nitrogens with one attached hydrogen (secondary N) is 1. The predicted molar refractivity (Wildman–Crippen MR) is 111 cm³/mol. The Bertz CT molecular complexity index is 678. The second-order valence-corrected chi connectivity index (χ2v) is 8.18. The van der Waals surface area contributed by atoms with Gasteiger partial charge < -0.3 is 16.0 Å². The van der Waals surface area contributed by atoms with Gasteiger partial charge in [0.2, 0.25) is 5.91 Å². The van der Waals surface area contributed by atoms with Crippen molar-refractivity contribution in [2.45, 2.75) is 64.3 Å². The molecule has 0 bridgehead atoms. The van der Waals surface area contributed by atoms with Crippen molar-refractivity contribution in [1.82, 2.24) is 4.90 Å². The number of piperidine rings is 1. The Morgan fingerprint density at radius 1 is 1.15 bits per heavy atom. The maximum Gasteiger partial charge on any atom is 0.253 e. The van der Waals surface area contributed by atoms with Crippen molar-refractivity contribution in [2.24, 2.45) is 11.7 Å². The molecule has 1 saturated carbocycles. The smallest absolute Gasteiger partial charge is 0.253 e. The van der Waals surface area contributed by atoms with Gasteiger partial charge in [0.15, 0.2) is 0 Å². The topological polar surface area (TPSA) is 75.4 Å². The highest BCUT2D eigenvalue weighted by molar-refractivity contribution is 6.00. The van der Waals surface area contributed by atoms with Crippen molar-refractivity contribution < 1.29 is 9.59 Å². The summed E-state index contributed by atoms with van der Waals surface area (Å²) >= 11 is 0. The highest BCUT2D eigenvalue weighted by atomic mass is 35.5. The van der Waals surface area contributed by atoms with Gasteiger partial charge in [-0.15, -0.1) is 12.4 Å². The van der Waals surface area contributed by atoms with E-state index >= 15 is 0 Å². The highest BCUT2D eigenvalue weighted by Crippen LogP contribution is 2.28. The Labute approximate surface area is 168 Å². The number of benzene rings is 1.